The number of nitrogens with zero attached hydrogens (tertiary/aromatic N) is 1. The summed E-state index contributed by atoms with van der Waals surface area (Å²) in [5.41, 5.74) is 0.0978. The summed E-state index contributed by atoms with van der Waals surface area (Å²) in [6, 6.07) is 1.66. The highest BCUT2D eigenvalue weighted by Crippen LogP contribution is 2.33. The molecule has 0 atom stereocenters. The third-order valence-electron chi connectivity index (χ3n) is 2.25. The molecule has 2 heterocycles. The maximum absolute atomic E-state index is 10.0. The number of aromatic nitrogens is 1. The van der Waals surface area contributed by atoms with Crippen LogP contribution in [0.15, 0.2) is 12.3 Å². The number of rotatable bonds is 2. The van der Waals surface area contributed by atoms with Gasteiger partial charge in [0.1, 0.15) is 13.4 Å². The van der Waals surface area contributed by atoms with E-state index in [-0.39, 0.29) is 13.2 Å². The average molecular weight is 191 g/mol. The summed E-state index contributed by atoms with van der Waals surface area (Å²) in [5.74, 6) is 0.394. The molecule has 0 saturated carbocycles. The molecule has 1 N–H and O–H groups in total. The summed E-state index contributed by atoms with van der Waals surface area (Å²) in [6.07, 6.45) is 1.49. The van der Waals surface area contributed by atoms with Gasteiger partial charge in [0, 0.05) is 11.8 Å². The van der Waals surface area contributed by atoms with Gasteiger partial charge in [-0.05, 0) is 0 Å². The minimum absolute atomic E-state index is 0.258. The van der Waals surface area contributed by atoms with E-state index in [0.29, 0.717) is 16.9 Å². The molecule has 14 heavy (non-hydrogen) atoms. The van der Waals surface area contributed by atoms with Crippen LogP contribution >= 0.6 is 0 Å². The molecular formula is C9H10BNO3. The van der Waals surface area contributed by atoms with Gasteiger partial charge in [0.2, 0.25) is 5.88 Å². The van der Waals surface area contributed by atoms with Gasteiger partial charge < -0.3 is 14.6 Å². The van der Waals surface area contributed by atoms with Crippen LogP contribution in [0.5, 0.6) is 5.88 Å². The second-order valence-corrected chi connectivity index (χ2v) is 3.35. The van der Waals surface area contributed by atoms with Crippen molar-refractivity contribution in [3.05, 3.63) is 17.8 Å². The van der Waals surface area contributed by atoms with E-state index in [9.17, 15) is 5.11 Å². The fraction of sp³-hybridized carbons (Fsp3) is 0.444. The fourth-order valence-corrected chi connectivity index (χ4v) is 1.42. The molecule has 1 fully saturated rings. The summed E-state index contributed by atoms with van der Waals surface area (Å²) in [6.45, 7) is 0.517. The monoisotopic (exact) mass is 191 g/mol. The predicted molar refractivity (Wildman–Crippen MR) is 50.9 cm³/mol. The van der Waals surface area contributed by atoms with Gasteiger partial charge in [0.25, 0.3) is 0 Å². The molecule has 2 rings (SSSR count). The molecule has 1 aromatic heterocycles. The summed E-state index contributed by atoms with van der Waals surface area (Å²) in [7, 11) is 7.09. The quantitative estimate of drug-likeness (QED) is 0.615. The highest BCUT2D eigenvalue weighted by Gasteiger charge is 2.40. The molecule has 1 aliphatic heterocycles. The maximum atomic E-state index is 10.0. The highest BCUT2D eigenvalue weighted by atomic mass is 16.5. The molecule has 0 spiro atoms. The largest absolute Gasteiger partial charge is 0.481 e. The van der Waals surface area contributed by atoms with E-state index in [2.05, 4.69) is 4.98 Å². The van der Waals surface area contributed by atoms with Crippen LogP contribution in [0, 0.1) is 0 Å². The second-order valence-electron chi connectivity index (χ2n) is 3.35. The Bertz CT molecular complexity index is 352. The SMILES string of the molecule is [B]c1cnc(OC)c(C2(O)COC2)c1. The summed E-state index contributed by atoms with van der Waals surface area (Å²) >= 11 is 0. The molecule has 5 heteroatoms. The molecule has 0 bridgehead atoms. The van der Waals surface area contributed by atoms with Gasteiger partial charge in [0.15, 0.2) is 0 Å². The molecule has 1 saturated heterocycles. The first-order valence-electron chi connectivity index (χ1n) is 4.26. The van der Waals surface area contributed by atoms with E-state index >= 15 is 0 Å². The van der Waals surface area contributed by atoms with E-state index in [4.69, 9.17) is 17.3 Å². The lowest BCUT2D eigenvalue weighted by atomic mass is 9.88. The van der Waals surface area contributed by atoms with Gasteiger partial charge in [-0.25, -0.2) is 4.98 Å². The van der Waals surface area contributed by atoms with E-state index in [1.54, 1.807) is 6.07 Å². The van der Waals surface area contributed by atoms with Crippen molar-refractivity contribution in [1.29, 1.82) is 0 Å². The number of hydrogen-bond donors (Lipinski definition) is 1. The van der Waals surface area contributed by atoms with Gasteiger partial charge in [-0.2, -0.15) is 0 Å². The Balaban J connectivity index is 2.43. The van der Waals surface area contributed by atoms with Crippen molar-refractivity contribution >= 4 is 13.3 Å². The van der Waals surface area contributed by atoms with Crippen LogP contribution in [0.1, 0.15) is 5.56 Å². The third-order valence-corrected chi connectivity index (χ3v) is 2.25. The zero-order valence-corrected chi connectivity index (χ0v) is 7.86. The highest BCUT2D eigenvalue weighted by molar-refractivity contribution is 6.32. The number of methoxy groups -OCH3 is 1. The first kappa shape index (κ1) is 9.49. The zero-order chi connectivity index (χ0) is 10.2. The fourth-order valence-electron chi connectivity index (χ4n) is 1.42. The van der Waals surface area contributed by atoms with Gasteiger partial charge in [-0.1, -0.05) is 11.5 Å². The third kappa shape index (κ3) is 1.38. The van der Waals surface area contributed by atoms with Crippen molar-refractivity contribution in [3.63, 3.8) is 0 Å². The number of aliphatic hydroxyl groups is 1. The molecule has 1 aromatic rings. The lowest BCUT2D eigenvalue weighted by Crippen LogP contribution is -2.47. The number of pyridine rings is 1. The number of ether oxygens (including phenoxy) is 2. The van der Waals surface area contributed by atoms with Gasteiger partial charge in [-0.3, -0.25) is 0 Å². The van der Waals surface area contributed by atoms with Crippen LogP contribution in [0.4, 0.5) is 0 Å². The Morgan fingerprint density at radius 2 is 2.36 bits per heavy atom. The van der Waals surface area contributed by atoms with Crippen molar-refractivity contribution in [2.24, 2.45) is 0 Å². The molecule has 0 aliphatic carbocycles. The van der Waals surface area contributed by atoms with Crippen LogP contribution in [-0.2, 0) is 10.3 Å². The first-order valence-corrected chi connectivity index (χ1v) is 4.26. The summed E-state index contributed by atoms with van der Waals surface area (Å²) < 4.78 is 10.00. The average Bonchev–Trinajstić information content (AvgIpc) is 2.14. The lowest BCUT2D eigenvalue weighted by molar-refractivity contribution is -0.185. The molecule has 1 aliphatic rings. The molecule has 0 amide bonds. The Morgan fingerprint density at radius 3 is 2.86 bits per heavy atom. The van der Waals surface area contributed by atoms with Crippen LogP contribution in [0.2, 0.25) is 0 Å². The molecule has 0 aromatic carbocycles. The molecule has 72 valence electrons. The van der Waals surface area contributed by atoms with Gasteiger partial charge in [0.05, 0.1) is 20.3 Å². The minimum atomic E-state index is -0.992. The standard InChI is InChI=1S/C9H10BNO3/c1-13-8-7(2-6(10)3-11-8)9(12)4-14-5-9/h2-3,12H,4-5H2,1H3. The van der Waals surface area contributed by atoms with Crippen LogP contribution in [0.3, 0.4) is 0 Å². The maximum Gasteiger partial charge on any atom is 0.219 e. The van der Waals surface area contributed by atoms with Crippen molar-refractivity contribution in [3.8, 4) is 5.88 Å². The Kier molecular flexibility index (Phi) is 2.21. The molecular weight excluding hydrogens is 181 g/mol. The van der Waals surface area contributed by atoms with Gasteiger partial charge in [-0.15, -0.1) is 0 Å². The summed E-state index contributed by atoms with van der Waals surface area (Å²) in [5, 5.41) is 10.0. The van der Waals surface area contributed by atoms with Crippen molar-refractivity contribution in [1.82, 2.24) is 4.98 Å². The van der Waals surface area contributed by atoms with E-state index in [1.165, 1.54) is 13.3 Å². The van der Waals surface area contributed by atoms with Crippen LogP contribution < -0.4 is 10.2 Å². The first-order chi connectivity index (χ1) is 6.65. The smallest absolute Gasteiger partial charge is 0.219 e. The van der Waals surface area contributed by atoms with Crippen LogP contribution in [-0.4, -0.2) is 38.3 Å². The number of hydrogen-bond acceptors (Lipinski definition) is 4. The minimum Gasteiger partial charge on any atom is -0.481 e. The Morgan fingerprint density at radius 1 is 1.64 bits per heavy atom. The van der Waals surface area contributed by atoms with Crippen LogP contribution in [0.25, 0.3) is 0 Å². The topological polar surface area (TPSA) is 51.6 Å². The summed E-state index contributed by atoms with van der Waals surface area (Å²) in [4.78, 5) is 3.98. The van der Waals surface area contributed by atoms with Crippen molar-refractivity contribution in [2.45, 2.75) is 5.60 Å². The lowest BCUT2D eigenvalue weighted by Gasteiger charge is -2.37. The predicted octanol–water partition coefficient (Wildman–Crippen LogP) is -0.898. The van der Waals surface area contributed by atoms with Crippen molar-refractivity contribution in [2.75, 3.05) is 20.3 Å². The molecule has 0 unspecified atom stereocenters. The molecule has 4 nitrogen and oxygen atoms in total. The molecule has 2 radical (unpaired) electrons. The van der Waals surface area contributed by atoms with Gasteiger partial charge >= 0.3 is 0 Å². The van der Waals surface area contributed by atoms with E-state index in [1.807, 2.05) is 0 Å². The normalized spacial score (nSPS) is 18.7. The second kappa shape index (κ2) is 3.26. The van der Waals surface area contributed by atoms with Crippen molar-refractivity contribution < 1.29 is 14.6 Å². The Labute approximate surface area is 83.3 Å². The Hall–Kier alpha value is -1.07. The van der Waals surface area contributed by atoms with E-state index < -0.39 is 5.60 Å². The van der Waals surface area contributed by atoms with E-state index in [0.717, 1.165) is 0 Å². The zero-order valence-electron chi connectivity index (χ0n) is 7.86.